The maximum absolute atomic E-state index is 11.1. The van der Waals surface area contributed by atoms with Crippen LogP contribution in [0.5, 0.6) is 0 Å². The Labute approximate surface area is 115 Å². The van der Waals surface area contributed by atoms with Crippen molar-refractivity contribution in [2.24, 2.45) is 10.9 Å². The fraction of sp³-hybridized carbons (Fsp3) is 0.455. The number of nitrogens with zero attached hydrogens (tertiary/aromatic N) is 4. The number of nitrogens with two attached hydrogens (primary N) is 1. The third-order valence-electron chi connectivity index (χ3n) is 2.68. The summed E-state index contributed by atoms with van der Waals surface area (Å²) in [5, 5.41) is 31.6. The van der Waals surface area contributed by atoms with E-state index in [2.05, 4.69) is 10.1 Å². The lowest BCUT2D eigenvalue weighted by Crippen LogP contribution is -2.34. The fourth-order valence-electron chi connectivity index (χ4n) is 1.72. The highest BCUT2D eigenvalue weighted by atomic mass is 16.6. The summed E-state index contributed by atoms with van der Waals surface area (Å²) in [5.41, 5.74) is 5.27. The van der Waals surface area contributed by atoms with E-state index in [1.54, 1.807) is 4.90 Å². The Morgan fingerprint density at radius 1 is 1.65 bits per heavy atom. The first-order valence-electron chi connectivity index (χ1n) is 5.92. The lowest BCUT2D eigenvalue weighted by atomic mass is 10.2. The van der Waals surface area contributed by atoms with Crippen LogP contribution in [0.25, 0.3) is 0 Å². The van der Waals surface area contributed by atoms with E-state index >= 15 is 0 Å². The van der Waals surface area contributed by atoms with Crippen LogP contribution in [0.4, 0.5) is 11.5 Å². The molecule has 4 N–H and O–H groups in total. The van der Waals surface area contributed by atoms with Crippen LogP contribution in [0.2, 0.25) is 0 Å². The Morgan fingerprint density at radius 3 is 2.75 bits per heavy atom. The van der Waals surface area contributed by atoms with Gasteiger partial charge in [-0.1, -0.05) is 5.16 Å². The number of rotatable bonds is 6. The van der Waals surface area contributed by atoms with Crippen molar-refractivity contribution in [3.05, 3.63) is 27.9 Å². The van der Waals surface area contributed by atoms with Gasteiger partial charge in [0.05, 0.1) is 11.5 Å². The molecule has 110 valence electrons. The number of nitro groups is 1. The SMILES string of the molecule is CC(C)N(CCO)c1ncc(C(N)=NO)cc1[N+](=O)[O-]. The van der Waals surface area contributed by atoms with E-state index in [-0.39, 0.29) is 42.1 Å². The van der Waals surface area contributed by atoms with Crippen molar-refractivity contribution in [2.75, 3.05) is 18.1 Å². The standard InChI is InChI=1S/C11H17N5O4/c1-7(2)15(3-4-17)11-9(16(19)20)5-8(6-13-11)10(12)14-18/h5-7,17-18H,3-4H2,1-2H3,(H2,12,14). The van der Waals surface area contributed by atoms with Crippen LogP contribution in [0.15, 0.2) is 17.4 Å². The predicted octanol–water partition coefficient (Wildman–Crippen LogP) is 0.291. The van der Waals surface area contributed by atoms with Gasteiger partial charge in [-0.05, 0) is 13.8 Å². The zero-order valence-corrected chi connectivity index (χ0v) is 11.2. The van der Waals surface area contributed by atoms with E-state index in [1.165, 1.54) is 12.3 Å². The zero-order valence-electron chi connectivity index (χ0n) is 11.2. The molecule has 1 rings (SSSR count). The summed E-state index contributed by atoms with van der Waals surface area (Å²) in [5.74, 6) is -0.126. The minimum absolute atomic E-state index is 0.0805. The Hall–Kier alpha value is -2.42. The smallest absolute Gasteiger partial charge is 0.312 e. The third-order valence-corrected chi connectivity index (χ3v) is 2.68. The van der Waals surface area contributed by atoms with Crippen molar-refractivity contribution in [3.63, 3.8) is 0 Å². The van der Waals surface area contributed by atoms with Crippen molar-refractivity contribution in [3.8, 4) is 0 Å². The third kappa shape index (κ3) is 3.32. The molecule has 0 radical (unpaired) electrons. The molecule has 0 atom stereocenters. The van der Waals surface area contributed by atoms with E-state index < -0.39 is 4.92 Å². The molecule has 0 unspecified atom stereocenters. The highest BCUT2D eigenvalue weighted by Crippen LogP contribution is 2.27. The van der Waals surface area contributed by atoms with E-state index in [9.17, 15) is 10.1 Å². The van der Waals surface area contributed by atoms with Crippen molar-refractivity contribution < 1.29 is 15.2 Å². The molecular formula is C11H17N5O4. The van der Waals surface area contributed by atoms with E-state index in [0.717, 1.165) is 0 Å². The molecule has 0 saturated carbocycles. The summed E-state index contributed by atoms with van der Waals surface area (Å²) < 4.78 is 0. The first kappa shape index (κ1) is 15.6. The molecule has 0 spiro atoms. The van der Waals surface area contributed by atoms with Crippen LogP contribution in [0, 0.1) is 10.1 Å². The number of pyridine rings is 1. The van der Waals surface area contributed by atoms with Crippen LogP contribution >= 0.6 is 0 Å². The zero-order chi connectivity index (χ0) is 15.3. The molecular weight excluding hydrogens is 266 g/mol. The van der Waals surface area contributed by atoms with Crippen molar-refractivity contribution >= 4 is 17.3 Å². The number of anilines is 1. The summed E-state index contributed by atoms with van der Waals surface area (Å²) in [6.45, 7) is 3.73. The summed E-state index contributed by atoms with van der Waals surface area (Å²) in [7, 11) is 0. The lowest BCUT2D eigenvalue weighted by Gasteiger charge is -2.26. The molecule has 1 aromatic heterocycles. The predicted molar refractivity (Wildman–Crippen MR) is 73.0 cm³/mol. The van der Waals surface area contributed by atoms with Gasteiger partial charge in [-0.25, -0.2) is 4.98 Å². The highest BCUT2D eigenvalue weighted by Gasteiger charge is 2.24. The van der Waals surface area contributed by atoms with Gasteiger partial charge in [0.2, 0.25) is 5.82 Å². The summed E-state index contributed by atoms with van der Waals surface area (Å²) in [6.07, 6.45) is 1.28. The molecule has 0 aliphatic carbocycles. The molecule has 0 bridgehead atoms. The molecule has 0 aliphatic rings. The Balaban J connectivity index is 3.35. The normalized spacial score (nSPS) is 11.7. The lowest BCUT2D eigenvalue weighted by molar-refractivity contribution is -0.384. The topological polar surface area (TPSA) is 138 Å². The van der Waals surface area contributed by atoms with Crippen molar-refractivity contribution in [1.29, 1.82) is 0 Å². The van der Waals surface area contributed by atoms with Crippen LogP contribution < -0.4 is 10.6 Å². The second kappa shape index (κ2) is 6.66. The van der Waals surface area contributed by atoms with E-state index in [4.69, 9.17) is 16.0 Å². The number of hydrogen-bond donors (Lipinski definition) is 3. The maximum Gasteiger partial charge on any atom is 0.312 e. The average molecular weight is 283 g/mol. The second-order valence-corrected chi connectivity index (χ2v) is 4.32. The van der Waals surface area contributed by atoms with Gasteiger partial charge in [-0.3, -0.25) is 10.1 Å². The molecule has 1 heterocycles. The van der Waals surface area contributed by atoms with E-state index in [1.807, 2.05) is 13.8 Å². The molecule has 9 heteroatoms. The molecule has 0 saturated heterocycles. The highest BCUT2D eigenvalue weighted by molar-refractivity contribution is 5.97. The number of aromatic nitrogens is 1. The Kier molecular flexibility index (Phi) is 5.21. The van der Waals surface area contributed by atoms with Crippen molar-refractivity contribution in [1.82, 2.24) is 4.98 Å². The molecule has 1 aromatic rings. The minimum atomic E-state index is -0.594. The van der Waals surface area contributed by atoms with Gasteiger partial charge in [0.25, 0.3) is 0 Å². The van der Waals surface area contributed by atoms with Crippen LogP contribution in [0.3, 0.4) is 0 Å². The maximum atomic E-state index is 11.1. The van der Waals surface area contributed by atoms with Gasteiger partial charge in [0.15, 0.2) is 5.84 Å². The van der Waals surface area contributed by atoms with Gasteiger partial charge in [0.1, 0.15) is 0 Å². The number of oxime groups is 1. The monoisotopic (exact) mass is 283 g/mol. The van der Waals surface area contributed by atoms with Crippen LogP contribution in [0.1, 0.15) is 19.4 Å². The fourth-order valence-corrected chi connectivity index (χ4v) is 1.72. The molecule has 20 heavy (non-hydrogen) atoms. The molecule has 0 aromatic carbocycles. The Morgan fingerprint density at radius 2 is 2.30 bits per heavy atom. The van der Waals surface area contributed by atoms with Crippen LogP contribution in [-0.2, 0) is 0 Å². The summed E-state index contributed by atoms with van der Waals surface area (Å²) in [6, 6.07) is 1.10. The van der Waals surface area contributed by atoms with Gasteiger partial charge in [0, 0.05) is 30.4 Å². The van der Waals surface area contributed by atoms with Crippen molar-refractivity contribution in [2.45, 2.75) is 19.9 Å². The quantitative estimate of drug-likeness (QED) is 0.224. The molecule has 0 fully saturated rings. The first-order valence-corrected chi connectivity index (χ1v) is 5.92. The number of aliphatic hydroxyl groups excluding tert-OH is 1. The van der Waals surface area contributed by atoms with Gasteiger partial charge < -0.3 is 20.9 Å². The van der Waals surface area contributed by atoms with Gasteiger partial charge in [-0.15, -0.1) is 0 Å². The average Bonchev–Trinajstić information content (AvgIpc) is 2.42. The molecule has 0 aliphatic heterocycles. The Bertz CT molecular complexity index is 518. The second-order valence-electron chi connectivity index (χ2n) is 4.32. The van der Waals surface area contributed by atoms with Crippen LogP contribution in [-0.4, -0.2) is 45.3 Å². The number of aliphatic hydroxyl groups is 1. The molecule has 0 amide bonds. The summed E-state index contributed by atoms with van der Waals surface area (Å²) >= 11 is 0. The van der Waals surface area contributed by atoms with Gasteiger partial charge >= 0.3 is 5.69 Å². The number of hydrogen-bond acceptors (Lipinski definition) is 7. The molecule has 9 nitrogen and oxygen atoms in total. The summed E-state index contributed by atoms with van der Waals surface area (Å²) in [4.78, 5) is 16.2. The minimum Gasteiger partial charge on any atom is -0.409 e. The first-order chi connectivity index (χ1) is 9.42. The largest absolute Gasteiger partial charge is 0.409 e. The van der Waals surface area contributed by atoms with Gasteiger partial charge in [-0.2, -0.15) is 0 Å². The van der Waals surface area contributed by atoms with E-state index in [0.29, 0.717) is 0 Å². The number of amidine groups is 1.